The second-order valence-corrected chi connectivity index (χ2v) is 7.41. The van der Waals surface area contributed by atoms with E-state index < -0.39 is 11.5 Å². The highest BCUT2D eigenvalue weighted by Crippen LogP contribution is 2.29. The third-order valence-corrected chi connectivity index (χ3v) is 5.71. The van der Waals surface area contributed by atoms with Crippen molar-refractivity contribution in [3.8, 4) is 5.75 Å². The van der Waals surface area contributed by atoms with Gasteiger partial charge in [0.15, 0.2) is 5.56 Å². The molecule has 0 unspecified atom stereocenters. The van der Waals surface area contributed by atoms with E-state index in [2.05, 4.69) is 17.0 Å². The van der Waals surface area contributed by atoms with Crippen molar-refractivity contribution in [2.24, 2.45) is 5.92 Å². The lowest BCUT2D eigenvalue weighted by molar-refractivity contribution is 0.0594. The summed E-state index contributed by atoms with van der Waals surface area (Å²) in [6, 6.07) is 17.4. The Balaban J connectivity index is 1.63. The van der Waals surface area contributed by atoms with Crippen molar-refractivity contribution in [3.63, 3.8) is 0 Å². The van der Waals surface area contributed by atoms with Crippen LogP contribution in [0.25, 0.3) is 10.9 Å². The summed E-state index contributed by atoms with van der Waals surface area (Å²) in [5, 5.41) is 11.0. The third-order valence-electron chi connectivity index (χ3n) is 5.71. The molecule has 4 rings (SSSR count). The number of hydrogen-bond acceptors (Lipinski definition) is 5. The molecule has 2 aromatic carbocycles. The number of hydrogen-bond donors (Lipinski definition) is 1. The molecule has 1 aliphatic heterocycles. The molecule has 1 aliphatic rings. The largest absolute Gasteiger partial charge is 0.506 e. The Labute approximate surface area is 169 Å². The highest BCUT2D eigenvalue weighted by atomic mass is 16.5. The Hall–Kier alpha value is -3.28. The van der Waals surface area contributed by atoms with E-state index in [0.29, 0.717) is 23.4 Å². The Morgan fingerprint density at radius 3 is 2.41 bits per heavy atom. The van der Waals surface area contributed by atoms with E-state index in [0.717, 1.165) is 25.9 Å². The lowest BCUT2D eigenvalue weighted by Crippen LogP contribution is -2.37. The van der Waals surface area contributed by atoms with Crippen LogP contribution in [0.4, 0.5) is 5.69 Å². The molecule has 1 aromatic heterocycles. The number of esters is 1. The highest BCUT2D eigenvalue weighted by Gasteiger charge is 2.25. The normalized spacial score (nSPS) is 14.9. The molecule has 0 amide bonds. The lowest BCUT2D eigenvalue weighted by atomic mass is 9.95. The molecule has 0 bridgehead atoms. The predicted molar refractivity (Wildman–Crippen MR) is 113 cm³/mol. The van der Waals surface area contributed by atoms with Crippen molar-refractivity contribution in [1.29, 1.82) is 0 Å². The molecule has 2 heterocycles. The summed E-state index contributed by atoms with van der Waals surface area (Å²) in [6.45, 7) is 2.35. The maximum absolute atomic E-state index is 13.1. The molecule has 1 N–H and O–H groups in total. The number of carbonyl (C=O) groups is 1. The van der Waals surface area contributed by atoms with E-state index in [1.54, 1.807) is 22.8 Å². The van der Waals surface area contributed by atoms with Gasteiger partial charge in [0.05, 0.1) is 12.6 Å². The molecule has 0 radical (unpaired) electrons. The van der Waals surface area contributed by atoms with E-state index in [4.69, 9.17) is 4.74 Å². The number of fused-ring (bicyclic) bond motifs is 1. The molecule has 1 saturated heterocycles. The summed E-state index contributed by atoms with van der Waals surface area (Å²) >= 11 is 0. The molecule has 6 nitrogen and oxygen atoms in total. The summed E-state index contributed by atoms with van der Waals surface area (Å²) in [6.07, 6.45) is 1.90. The first-order valence-corrected chi connectivity index (χ1v) is 9.83. The molecular formula is C23H24N2O4. The molecule has 0 atom stereocenters. The molecular weight excluding hydrogens is 368 g/mol. The van der Waals surface area contributed by atoms with Gasteiger partial charge in [-0.2, -0.15) is 0 Å². The Morgan fingerprint density at radius 1 is 1.07 bits per heavy atom. The maximum Gasteiger partial charge on any atom is 0.347 e. The summed E-state index contributed by atoms with van der Waals surface area (Å²) in [4.78, 5) is 27.6. The van der Waals surface area contributed by atoms with E-state index in [1.165, 1.54) is 12.8 Å². The van der Waals surface area contributed by atoms with Crippen LogP contribution in [0, 0.1) is 5.92 Å². The quantitative estimate of drug-likeness (QED) is 0.689. The molecule has 29 heavy (non-hydrogen) atoms. The zero-order chi connectivity index (χ0) is 20.4. The summed E-state index contributed by atoms with van der Waals surface area (Å²) in [5.41, 5.74) is 1.05. The number of pyridine rings is 1. The van der Waals surface area contributed by atoms with Crippen LogP contribution in [-0.2, 0) is 11.3 Å². The number of carbonyl (C=O) groups excluding carboxylic acids is 1. The number of aromatic hydroxyl groups is 1. The monoisotopic (exact) mass is 392 g/mol. The van der Waals surface area contributed by atoms with Crippen LogP contribution in [0.5, 0.6) is 5.75 Å². The molecule has 0 saturated carbocycles. The third kappa shape index (κ3) is 3.58. The predicted octanol–water partition coefficient (Wildman–Crippen LogP) is 3.41. The first-order valence-electron chi connectivity index (χ1n) is 9.83. The van der Waals surface area contributed by atoms with Crippen LogP contribution in [0.1, 0.15) is 23.2 Å². The van der Waals surface area contributed by atoms with Crippen LogP contribution in [0.3, 0.4) is 0 Å². The number of benzene rings is 2. The number of ether oxygens (including phenoxy) is 1. The minimum absolute atomic E-state index is 0.298. The first kappa shape index (κ1) is 19.1. The maximum atomic E-state index is 13.1. The summed E-state index contributed by atoms with van der Waals surface area (Å²) < 4.78 is 6.35. The van der Waals surface area contributed by atoms with Gasteiger partial charge in [0, 0.05) is 30.7 Å². The minimum atomic E-state index is -0.814. The molecule has 3 aromatic rings. The van der Waals surface area contributed by atoms with Crippen molar-refractivity contribution in [2.75, 3.05) is 25.1 Å². The van der Waals surface area contributed by atoms with Gasteiger partial charge in [-0.3, -0.25) is 4.79 Å². The van der Waals surface area contributed by atoms with Gasteiger partial charge in [-0.05, 0) is 43.0 Å². The van der Waals surface area contributed by atoms with Crippen LogP contribution in [0.2, 0.25) is 0 Å². The van der Waals surface area contributed by atoms with Crippen LogP contribution in [0.15, 0.2) is 59.4 Å². The van der Waals surface area contributed by atoms with Crippen molar-refractivity contribution in [2.45, 2.75) is 19.4 Å². The summed E-state index contributed by atoms with van der Waals surface area (Å²) in [5.74, 6) is -0.815. The first-order chi connectivity index (χ1) is 14.1. The molecule has 1 fully saturated rings. The van der Waals surface area contributed by atoms with Crippen molar-refractivity contribution < 1.29 is 14.6 Å². The van der Waals surface area contributed by atoms with Crippen molar-refractivity contribution in [1.82, 2.24) is 4.57 Å². The smallest absolute Gasteiger partial charge is 0.347 e. The van der Waals surface area contributed by atoms with Crippen LogP contribution in [-0.4, -0.2) is 35.8 Å². The van der Waals surface area contributed by atoms with Gasteiger partial charge in [0.1, 0.15) is 5.75 Å². The number of anilines is 1. The van der Waals surface area contributed by atoms with Crippen LogP contribution < -0.4 is 10.5 Å². The van der Waals surface area contributed by atoms with Gasteiger partial charge in [-0.1, -0.05) is 30.3 Å². The Kier molecular flexibility index (Phi) is 5.25. The Morgan fingerprint density at radius 2 is 1.72 bits per heavy atom. The zero-order valence-electron chi connectivity index (χ0n) is 16.4. The summed E-state index contributed by atoms with van der Waals surface area (Å²) in [7, 11) is 1.21. The van der Waals surface area contributed by atoms with Crippen molar-refractivity contribution in [3.05, 3.63) is 70.5 Å². The Bertz CT molecular complexity index is 1080. The number of para-hydroxylation sites is 2. The van der Waals surface area contributed by atoms with Crippen molar-refractivity contribution >= 4 is 22.6 Å². The van der Waals surface area contributed by atoms with Crippen LogP contribution >= 0.6 is 0 Å². The standard InChI is InChI=1S/C23H24N2O4/c1-29-23(28)20-21(26)18-9-5-6-10-19(18)25(22(20)27)15-16-11-13-24(14-12-16)17-7-3-2-4-8-17/h2-10,16,26H,11-15H2,1H3. The lowest BCUT2D eigenvalue weighted by Gasteiger charge is -2.34. The molecule has 6 heteroatoms. The fourth-order valence-corrected chi connectivity index (χ4v) is 4.13. The second kappa shape index (κ2) is 7.99. The number of methoxy groups -OCH3 is 1. The number of rotatable bonds is 4. The van der Waals surface area contributed by atoms with Gasteiger partial charge in [0.25, 0.3) is 5.56 Å². The van der Waals surface area contributed by atoms with E-state index in [9.17, 15) is 14.7 Å². The minimum Gasteiger partial charge on any atom is -0.506 e. The van der Waals surface area contributed by atoms with E-state index >= 15 is 0 Å². The van der Waals surface area contributed by atoms with Gasteiger partial charge < -0.3 is 19.3 Å². The highest BCUT2D eigenvalue weighted by molar-refractivity contribution is 5.99. The van der Waals surface area contributed by atoms with Gasteiger partial charge >= 0.3 is 5.97 Å². The van der Waals surface area contributed by atoms with E-state index in [1.807, 2.05) is 24.3 Å². The topological polar surface area (TPSA) is 71.8 Å². The molecule has 0 spiro atoms. The fraction of sp³-hybridized carbons (Fsp3) is 0.304. The van der Waals surface area contributed by atoms with Gasteiger partial charge in [-0.25, -0.2) is 4.79 Å². The van der Waals surface area contributed by atoms with Gasteiger partial charge in [0.2, 0.25) is 0 Å². The second-order valence-electron chi connectivity index (χ2n) is 7.41. The number of aromatic nitrogens is 1. The van der Waals surface area contributed by atoms with E-state index in [-0.39, 0.29) is 11.3 Å². The fourth-order valence-electron chi connectivity index (χ4n) is 4.13. The molecule has 150 valence electrons. The zero-order valence-corrected chi connectivity index (χ0v) is 16.4. The molecule has 0 aliphatic carbocycles. The number of nitrogens with zero attached hydrogens (tertiary/aromatic N) is 2. The average Bonchev–Trinajstić information content (AvgIpc) is 2.77. The number of piperidine rings is 1. The average molecular weight is 392 g/mol. The van der Waals surface area contributed by atoms with Gasteiger partial charge in [-0.15, -0.1) is 0 Å². The SMILES string of the molecule is COC(=O)c1c(O)c2ccccc2n(CC2CCN(c3ccccc3)CC2)c1=O.